The van der Waals surface area contributed by atoms with Crippen LogP contribution >= 0.6 is 0 Å². The number of non-ortho nitro benzene ring substituents is 1. The maximum Gasteiger partial charge on any atom is 0.269 e. The molecule has 16 heavy (non-hydrogen) atoms. The van der Waals surface area contributed by atoms with Crippen LogP contribution in [0.25, 0.3) is 0 Å². The Morgan fingerprint density at radius 3 is 2.62 bits per heavy atom. The Morgan fingerprint density at radius 1 is 1.50 bits per heavy atom. The van der Waals surface area contributed by atoms with Crippen LogP contribution in [-0.2, 0) is 5.41 Å². The minimum Gasteiger partial charge on any atom is -0.508 e. The number of nitro benzene ring substituents is 1. The number of nitrogens with two attached hydrogens (primary N) is 1. The molecule has 0 heterocycles. The van der Waals surface area contributed by atoms with Gasteiger partial charge in [0.15, 0.2) is 0 Å². The molecule has 2 rings (SSSR count). The summed E-state index contributed by atoms with van der Waals surface area (Å²) in [4.78, 5) is 10.2. The molecular formula is C11H14N2O3. The molecule has 1 aliphatic rings. The van der Waals surface area contributed by atoms with Crippen molar-refractivity contribution in [3.8, 4) is 5.75 Å². The van der Waals surface area contributed by atoms with Gasteiger partial charge in [0, 0.05) is 29.7 Å². The van der Waals surface area contributed by atoms with Crippen molar-refractivity contribution in [2.45, 2.75) is 24.7 Å². The van der Waals surface area contributed by atoms with E-state index in [0.717, 1.165) is 19.3 Å². The van der Waals surface area contributed by atoms with E-state index in [0.29, 0.717) is 12.1 Å². The van der Waals surface area contributed by atoms with Crippen LogP contribution in [0.3, 0.4) is 0 Å². The minimum absolute atomic E-state index is 0.00697. The molecule has 1 aromatic rings. The third kappa shape index (κ3) is 1.53. The van der Waals surface area contributed by atoms with Gasteiger partial charge >= 0.3 is 0 Å². The number of hydrogen-bond acceptors (Lipinski definition) is 4. The van der Waals surface area contributed by atoms with Gasteiger partial charge in [0.25, 0.3) is 5.69 Å². The van der Waals surface area contributed by atoms with Gasteiger partial charge in [-0.25, -0.2) is 0 Å². The second-order valence-corrected chi connectivity index (χ2v) is 4.30. The lowest BCUT2D eigenvalue weighted by Crippen LogP contribution is -2.41. The van der Waals surface area contributed by atoms with Crippen molar-refractivity contribution in [3.05, 3.63) is 33.9 Å². The zero-order chi connectivity index (χ0) is 11.8. The topological polar surface area (TPSA) is 89.4 Å². The average molecular weight is 222 g/mol. The Labute approximate surface area is 93.0 Å². The van der Waals surface area contributed by atoms with E-state index in [-0.39, 0.29) is 16.9 Å². The molecule has 86 valence electrons. The second kappa shape index (κ2) is 3.75. The zero-order valence-electron chi connectivity index (χ0n) is 8.85. The van der Waals surface area contributed by atoms with Crippen molar-refractivity contribution in [2.24, 2.45) is 5.73 Å². The van der Waals surface area contributed by atoms with E-state index >= 15 is 0 Å². The van der Waals surface area contributed by atoms with Crippen LogP contribution < -0.4 is 5.73 Å². The molecule has 0 unspecified atom stereocenters. The number of nitrogens with zero attached hydrogens (tertiary/aromatic N) is 1. The van der Waals surface area contributed by atoms with Crippen LogP contribution in [0.15, 0.2) is 18.2 Å². The van der Waals surface area contributed by atoms with Crippen molar-refractivity contribution in [1.29, 1.82) is 0 Å². The van der Waals surface area contributed by atoms with Crippen LogP contribution in [-0.4, -0.2) is 16.6 Å². The first-order chi connectivity index (χ1) is 7.59. The highest BCUT2D eigenvalue weighted by Crippen LogP contribution is 2.46. The van der Waals surface area contributed by atoms with Gasteiger partial charge in [0.2, 0.25) is 0 Å². The van der Waals surface area contributed by atoms with Gasteiger partial charge in [0.05, 0.1) is 4.92 Å². The van der Waals surface area contributed by atoms with Gasteiger partial charge in [-0.15, -0.1) is 0 Å². The van der Waals surface area contributed by atoms with Crippen molar-refractivity contribution in [2.75, 3.05) is 6.54 Å². The first-order valence-electron chi connectivity index (χ1n) is 5.27. The number of benzene rings is 1. The van der Waals surface area contributed by atoms with Gasteiger partial charge < -0.3 is 10.8 Å². The fourth-order valence-electron chi connectivity index (χ4n) is 2.25. The monoisotopic (exact) mass is 222 g/mol. The largest absolute Gasteiger partial charge is 0.508 e. The molecule has 1 aliphatic carbocycles. The second-order valence-electron chi connectivity index (χ2n) is 4.30. The first kappa shape index (κ1) is 10.9. The number of hydrogen-bond donors (Lipinski definition) is 2. The molecular weight excluding hydrogens is 208 g/mol. The lowest BCUT2D eigenvalue weighted by atomic mass is 9.64. The Kier molecular flexibility index (Phi) is 2.55. The summed E-state index contributed by atoms with van der Waals surface area (Å²) in [5, 5.41) is 20.4. The van der Waals surface area contributed by atoms with Gasteiger partial charge in [-0.3, -0.25) is 10.1 Å². The molecule has 0 amide bonds. The van der Waals surface area contributed by atoms with Gasteiger partial charge in [-0.05, 0) is 18.9 Å². The molecule has 5 heteroatoms. The molecule has 0 atom stereocenters. The van der Waals surface area contributed by atoms with Crippen LogP contribution in [0, 0.1) is 10.1 Å². The molecule has 5 nitrogen and oxygen atoms in total. The number of nitro groups is 1. The molecule has 1 fully saturated rings. The zero-order valence-corrected chi connectivity index (χ0v) is 8.85. The Hall–Kier alpha value is -1.62. The summed E-state index contributed by atoms with van der Waals surface area (Å²) in [6.45, 7) is 0.418. The Bertz CT molecular complexity index is 422. The normalized spacial score (nSPS) is 17.8. The van der Waals surface area contributed by atoms with Crippen molar-refractivity contribution in [3.63, 3.8) is 0 Å². The molecule has 0 radical (unpaired) electrons. The molecule has 0 saturated heterocycles. The van der Waals surface area contributed by atoms with E-state index in [1.165, 1.54) is 18.2 Å². The predicted molar refractivity (Wildman–Crippen MR) is 59.3 cm³/mol. The summed E-state index contributed by atoms with van der Waals surface area (Å²) in [5.74, 6) is 0.107. The fraction of sp³-hybridized carbons (Fsp3) is 0.455. The number of aromatic hydroxyl groups is 1. The summed E-state index contributed by atoms with van der Waals surface area (Å²) in [6.07, 6.45) is 2.83. The molecule has 1 aromatic carbocycles. The number of phenolic OH excluding ortho intramolecular Hbond substituents is 1. The van der Waals surface area contributed by atoms with Crippen molar-refractivity contribution >= 4 is 5.69 Å². The third-order valence-electron chi connectivity index (χ3n) is 3.46. The summed E-state index contributed by atoms with van der Waals surface area (Å²) in [5.41, 5.74) is 6.09. The molecule has 0 bridgehead atoms. The van der Waals surface area contributed by atoms with E-state index in [4.69, 9.17) is 5.73 Å². The Balaban J connectivity index is 2.46. The van der Waals surface area contributed by atoms with Gasteiger partial charge in [-0.1, -0.05) is 6.42 Å². The molecule has 0 aromatic heterocycles. The van der Waals surface area contributed by atoms with Crippen LogP contribution in [0.5, 0.6) is 5.75 Å². The fourth-order valence-corrected chi connectivity index (χ4v) is 2.25. The van der Waals surface area contributed by atoms with E-state index < -0.39 is 4.92 Å². The number of phenols is 1. The van der Waals surface area contributed by atoms with Gasteiger partial charge in [0.1, 0.15) is 5.75 Å². The van der Waals surface area contributed by atoms with Crippen LogP contribution in [0.4, 0.5) is 5.69 Å². The summed E-state index contributed by atoms with van der Waals surface area (Å²) >= 11 is 0. The number of rotatable bonds is 3. The van der Waals surface area contributed by atoms with E-state index in [2.05, 4.69) is 0 Å². The highest BCUT2D eigenvalue weighted by molar-refractivity contribution is 5.48. The summed E-state index contributed by atoms with van der Waals surface area (Å²) in [6, 6.07) is 4.13. The highest BCUT2D eigenvalue weighted by atomic mass is 16.6. The lowest BCUT2D eigenvalue weighted by molar-refractivity contribution is -0.385. The average Bonchev–Trinajstić information content (AvgIpc) is 2.19. The van der Waals surface area contributed by atoms with E-state index in [9.17, 15) is 15.2 Å². The molecule has 0 aliphatic heterocycles. The van der Waals surface area contributed by atoms with Crippen LogP contribution in [0.1, 0.15) is 24.8 Å². The predicted octanol–water partition coefficient (Wildman–Crippen LogP) is 1.68. The summed E-state index contributed by atoms with van der Waals surface area (Å²) < 4.78 is 0. The highest BCUT2D eigenvalue weighted by Gasteiger charge is 2.40. The Morgan fingerprint density at radius 2 is 2.19 bits per heavy atom. The van der Waals surface area contributed by atoms with E-state index in [1.807, 2.05) is 0 Å². The SMILES string of the molecule is NCC1(c2cc([N+](=O)[O-])ccc2O)CCC1. The van der Waals surface area contributed by atoms with Crippen molar-refractivity contribution < 1.29 is 10.0 Å². The lowest BCUT2D eigenvalue weighted by Gasteiger charge is -2.41. The van der Waals surface area contributed by atoms with Gasteiger partial charge in [-0.2, -0.15) is 0 Å². The maximum atomic E-state index is 10.7. The molecule has 1 saturated carbocycles. The van der Waals surface area contributed by atoms with Crippen LogP contribution in [0.2, 0.25) is 0 Å². The molecule has 3 N–H and O–H groups in total. The summed E-state index contributed by atoms with van der Waals surface area (Å²) in [7, 11) is 0. The maximum absolute atomic E-state index is 10.7. The smallest absolute Gasteiger partial charge is 0.269 e. The quantitative estimate of drug-likeness (QED) is 0.601. The standard InChI is InChI=1S/C11H14N2O3/c12-7-11(4-1-5-11)9-6-8(13(15)16)2-3-10(9)14/h2-3,6,14H,1,4-5,7,12H2. The van der Waals surface area contributed by atoms with Crippen molar-refractivity contribution in [1.82, 2.24) is 0 Å². The minimum atomic E-state index is -0.453. The third-order valence-corrected chi connectivity index (χ3v) is 3.46. The first-order valence-corrected chi connectivity index (χ1v) is 5.27. The van der Waals surface area contributed by atoms with E-state index in [1.54, 1.807) is 0 Å². The molecule has 0 spiro atoms.